The highest BCUT2D eigenvalue weighted by atomic mass is 14.7. The first-order chi connectivity index (χ1) is 7.86. The van der Waals surface area contributed by atoms with Gasteiger partial charge in [0, 0.05) is 11.9 Å². The zero-order valence-electron chi connectivity index (χ0n) is 9.90. The van der Waals surface area contributed by atoms with Crippen LogP contribution in [0.25, 0.3) is 11.1 Å². The number of hydrogen-bond acceptors (Lipinski definition) is 1. The molecule has 1 aromatic heterocycles. The summed E-state index contributed by atoms with van der Waals surface area (Å²) < 4.78 is 0. The van der Waals surface area contributed by atoms with Crippen molar-refractivity contribution in [1.82, 2.24) is 4.98 Å². The molecule has 0 saturated heterocycles. The van der Waals surface area contributed by atoms with Gasteiger partial charge in [0.05, 0.1) is 0 Å². The Morgan fingerprint density at radius 3 is 2.31 bits per heavy atom. The summed E-state index contributed by atoms with van der Waals surface area (Å²) in [7, 11) is 0. The normalized spacial score (nSPS) is 10.4. The first-order valence-corrected chi connectivity index (χ1v) is 5.89. The van der Waals surface area contributed by atoms with E-state index < -0.39 is 0 Å². The van der Waals surface area contributed by atoms with Crippen molar-refractivity contribution in [1.29, 1.82) is 0 Å². The van der Waals surface area contributed by atoms with Gasteiger partial charge in [0.15, 0.2) is 0 Å². The second-order valence-corrected chi connectivity index (χ2v) is 3.86. The molecular weight excluding hydrogens is 194 g/mol. The van der Waals surface area contributed by atoms with E-state index in [4.69, 9.17) is 0 Å². The maximum atomic E-state index is 4.45. The Labute approximate surface area is 97.2 Å². The van der Waals surface area contributed by atoms with Crippen LogP contribution in [0.4, 0.5) is 0 Å². The highest BCUT2D eigenvalue weighted by Crippen LogP contribution is 2.25. The molecule has 0 radical (unpaired) electrons. The number of nitrogens with zero attached hydrogens (tertiary/aromatic N) is 1. The Morgan fingerprint density at radius 2 is 1.69 bits per heavy atom. The molecule has 0 amide bonds. The van der Waals surface area contributed by atoms with Crippen LogP contribution in [0.1, 0.15) is 25.1 Å². The lowest BCUT2D eigenvalue weighted by atomic mass is 9.96. The fraction of sp³-hybridized carbons (Fsp3) is 0.267. The molecule has 1 aromatic carbocycles. The topological polar surface area (TPSA) is 12.9 Å². The van der Waals surface area contributed by atoms with Crippen molar-refractivity contribution in [3.63, 3.8) is 0 Å². The predicted molar refractivity (Wildman–Crippen MR) is 68.4 cm³/mol. The van der Waals surface area contributed by atoms with E-state index in [-0.39, 0.29) is 0 Å². The summed E-state index contributed by atoms with van der Waals surface area (Å²) in [6.45, 7) is 4.36. The zero-order valence-corrected chi connectivity index (χ0v) is 9.90. The van der Waals surface area contributed by atoms with Crippen LogP contribution in [0.15, 0.2) is 42.6 Å². The molecule has 0 unspecified atom stereocenters. The van der Waals surface area contributed by atoms with Gasteiger partial charge < -0.3 is 0 Å². The Morgan fingerprint density at radius 1 is 0.938 bits per heavy atom. The molecule has 0 aliphatic rings. The van der Waals surface area contributed by atoms with Crippen LogP contribution >= 0.6 is 0 Å². The molecule has 0 aliphatic heterocycles. The average molecular weight is 211 g/mol. The summed E-state index contributed by atoms with van der Waals surface area (Å²) in [5.74, 6) is 0. The van der Waals surface area contributed by atoms with Crippen molar-refractivity contribution < 1.29 is 0 Å². The maximum absolute atomic E-state index is 4.45. The molecule has 2 rings (SSSR count). The van der Waals surface area contributed by atoms with Crippen LogP contribution in [0.5, 0.6) is 0 Å². The second kappa shape index (κ2) is 4.93. The Kier molecular flexibility index (Phi) is 3.35. The van der Waals surface area contributed by atoms with Crippen LogP contribution in [-0.2, 0) is 12.8 Å². The number of aromatic nitrogens is 1. The molecule has 0 N–H and O–H groups in total. The van der Waals surface area contributed by atoms with Crippen LogP contribution < -0.4 is 0 Å². The fourth-order valence-corrected chi connectivity index (χ4v) is 2.12. The Balaban J connectivity index is 2.57. The van der Waals surface area contributed by atoms with E-state index in [0.717, 1.165) is 12.8 Å². The van der Waals surface area contributed by atoms with Crippen molar-refractivity contribution in [2.45, 2.75) is 26.7 Å². The molecule has 2 aromatic rings. The highest BCUT2D eigenvalue weighted by molar-refractivity contribution is 5.67. The van der Waals surface area contributed by atoms with E-state index in [1.54, 1.807) is 0 Å². The summed E-state index contributed by atoms with van der Waals surface area (Å²) in [4.78, 5) is 4.45. The van der Waals surface area contributed by atoms with Gasteiger partial charge in [-0.1, -0.05) is 44.2 Å². The van der Waals surface area contributed by atoms with Crippen LogP contribution in [0.3, 0.4) is 0 Å². The molecule has 0 aliphatic carbocycles. The lowest BCUT2D eigenvalue weighted by molar-refractivity contribution is 0.967. The minimum Gasteiger partial charge on any atom is -0.261 e. The number of rotatable bonds is 3. The van der Waals surface area contributed by atoms with E-state index in [1.165, 1.54) is 22.4 Å². The summed E-state index contributed by atoms with van der Waals surface area (Å²) in [5.41, 5.74) is 5.23. The van der Waals surface area contributed by atoms with Crippen molar-refractivity contribution in [2.24, 2.45) is 0 Å². The molecule has 82 valence electrons. The molecular formula is C15H17N. The number of aryl methyl sites for hydroxylation is 1. The van der Waals surface area contributed by atoms with E-state index in [1.807, 2.05) is 6.20 Å². The molecule has 1 nitrogen and oxygen atoms in total. The van der Waals surface area contributed by atoms with Crippen LogP contribution in [-0.4, -0.2) is 4.98 Å². The molecule has 0 fully saturated rings. The quantitative estimate of drug-likeness (QED) is 0.751. The van der Waals surface area contributed by atoms with Crippen molar-refractivity contribution in [3.8, 4) is 11.1 Å². The lowest BCUT2D eigenvalue weighted by Crippen LogP contribution is -1.97. The second-order valence-electron chi connectivity index (χ2n) is 3.86. The summed E-state index contributed by atoms with van der Waals surface area (Å²) in [6, 6.07) is 12.7. The van der Waals surface area contributed by atoms with Gasteiger partial charge in [0.1, 0.15) is 0 Å². The van der Waals surface area contributed by atoms with Crippen molar-refractivity contribution in [3.05, 3.63) is 53.9 Å². The van der Waals surface area contributed by atoms with Gasteiger partial charge in [0.25, 0.3) is 0 Å². The first-order valence-electron chi connectivity index (χ1n) is 5.89. The van der Waals surface area contributed by atoms with Gasteiger partial charge in [-0.3, -0.25) is 4.98 Å². The van der Waals surface area contributed by atoms with E-state index >= 15 is 0 Å². The van der Waals surface area contributed by atoms with Gasteiger partial charge in [-0.05, 0) is 35.6 Å². The summed E-state index contributed by atoms with van der Waals surface area (Å²) in [5, 5.41) is 0. The molecule has 0 saturated carbocycles. The average Bonchev–Trinajstić information content (AvgIpc) is 2.38. The fourth-order valence-electron chi connectivity index (χ4n) is 2.12. The SMILES string of the molecule is CCc1nccc(-c2ccccc2)c1CC. The number of benzene rings is 1. The monoisotopic (exact) mass is 211 g/mol. The van der Waals surface area contributed by atoms with Crippen LogP contribution in [0, 0.1) is 0 Å². The van der Waals surface area contributed by atoms with Gasteiger partial charge in [0.2, 0.25) is 0 Å². The first kappa shape index (κ1) is 10.9. The standard InChI is InChI=1S/C15H17N/c1-3-13-14(10-11-16-15(13)4-2)12-8-6-5-7-9-12/h5-11H,3-4H2,1-2H3. The number of hydrogen-bond donors (Lipinski definition) is 0. The van der Waals surface area contributed by atoms with Gasteiger partial charge in [-0.25, -0.2) is 0 Å². The Hall–Kier alpha value is -1.63. The third-order valence-electron chi connectivity index (χ3n) is 2.92. The van der Waals surface area contributed by atoms with Gasteiger partial charge in [-0.15, -0.1) is 0 Å². The van der Waals surface area contributed by atoms with Crippen LogP contribution in [0.2, 0.25) is 0 Å². The predicted octanol–water partition coefficient (Wildman–Crippen LogP) is 3.87. The largest absolute Gasteiger partial charge is 0.261 e. The van der Waals surface area contributed by atoms with Gasteiger partial charge in [-0.2, -0.15) is 0 Å². The Bertz CT molecular complexity index is 460. The summed E-state index contributed by atoms with van der Waals surface area (Å²) >= 11 is 0. The van der Waals surface area contributed by atoms with E-state index in [9.17, 15) is 0 Å². The van der Waals surface area contributed by atoms with Crippen molar-refractivity contribution >= 4 is 0 Å². The molecule has 16 heavy (non-hydrogen) atoms. The molecule has 1 heteroatoms. The van der Waals surface area contributed by atoms with Gasteiger partial charge >= 0.3 is 0 Å². The molecule has 0 bridgehead atoms. The third kappa shape index (κ3) is 1.99. The van der Waals surface area contributed by atoms with Crippen molar-refractivity contribution in [2.75, 3.05) is 0 Å². The van der Waals surface area contributed by atoms with E-state index in [2.05, 4.69) is 55.2 Å². The third-order valence-corrected chi connectivity index (χ3v) is 2.92. The summed E-state index contributed by atoms with van der Waals surface area (Å²) in [6.07, 6.45) is 3.96. The van der Waals surface area contributed by atoms with E-state index in [0.29, 0.717) is 0 Å². The molecule has 0 atom stereocenters. The minimum absolute atomic E-state index is 1.00. The zero-order chi connectivity index (χ0) is 11.4. The molecule has 0 spiro atoms. The highest BCUT2D eigenvalue weighted by Gasteiger charge is 2.07. The maximum Gasteiger partial charge on any atom is 0.0438 e. The smallest absolute Gasteiger partial charge is 0.0438 e. The lowest BCUT2D eigenvalue weighted by Gasteiger charge is -2.11. The minimum atomic E-state index is 1.00. The molecule has 1 heterocycles. The number of pyridine rings is 1.